The molecular weight excluding hydrogens is 250 g/mol. The van der Waals surface area contributed by atoms with E-state index in [4.69, 9.17) is 9.84 Å². The Bertz CT molecular complexity index is 463. The van der Waals surface area contributed by atoms with E-state index in [2.05, 4.69) is 17.2 Å². The lowest BCUT2D eigenvalue weighted by Gasteiger charge is -2.18. The van der Waals surface area contributed by atoms with Crippen LogP contribution in [0.5, 0.6) is 0 Å². The fourth-order valence-electron chi connectivity index (χ4n) is 1.11. The van der Waals surface area contributed by atoms with Gasteiger partial charge in [0.25, 0.3) is 0 Å². The maximum atomic E-state index is 11.3. The second-order valence-corrected chi connectivity index (χ2v) is 5.61. The number of carbonyl (C=O) groups is 1. The van der Waals surface area contributed by atoms with E-state index in [9.17, 15) is 4.79 Å². The molecule has 5 heteroatoms. The molecule has 1 amide bonds. The van der Waals surface area contributed by atoms with Crippen molar-refractivity contribution in [1.82, 2.24) is 5.32 Å². The van der Waals surface area contributed by atoms with Crippen molar-refractivity contribution >= 4 is 17.4 Å². The van der Waals surface area contributed by atoms with Gasteiger partial charge in [-0.25, -0.2) is 4.79 Å². The van der Waals surface area contributed by atoms with Crippen molar-refractivity contribution in [3.63, 3.8) is 0 Å². The van der Waals surface area contributed by atoms with Gasteiger partial charge in [0.1, 0.15) is 5.60 Å². The van der Waals surface area contributed by atoms with Gasteiger partial charge in [0.2, 0.25) is 0 Å². The molecule has 0 aliphatic carbocycles. The van der Waals surface area contributed by atoms with Crippen molar-refractivity contribution in [2.75, 3.05) is 6.54 Å². The molecule has 1 heterocycles. The standard InChI is InChI=1S/C13H17NO3S/c1-13(2,3)17-12(16)14-6-4-5-10-7-11(8-15)18-9-10/h7,9,15H,6,8H2,1-3H3,(H,14,16). The first-order chi connectivity index (χ1) is 8.40. The van der Waals surface area contributed by atoms with Crippen molar-refractivity contribution in [2.24, 2.45) is 0 Å². The summed E-state index contributed by atoms with van der Waals surface area (Å²) in [5, 5.41) is 13.3. The molecule has 0 aliphatic heterocycles. The van der Waals surface area contributed by atoms with E-state index < -0.39 is 11.7 Å². The van der Waals surface area contributed by atoms with Gasteiger partial charge in [-0.3, -0.25) is 0 Å². The average Bonchev–Trinajstić information content (AvgIpc) is 2.70. The maximum Gasteiger partial charge on any atom is 0.408 e. The van der Waals surface area contributed by atoms with Gasteiger partial charge in [-0.05, 0) is 26.8 Å². The molecule has 0 spiro atoms. The van der Waals surface area contributed by atoms with Crippen molar-refractivity contribution in [3.05, 3.63) is 21.9 Å². The largest absolute Gasteiger partial charge is 0.444 e. The number of aliphatic hydroxyl groups excluding tert-OH is 1. The smallest absolute Gasteiger partial charge is 0.408 e. The Labute approximate surface area is 111 Å². The van der Waals surface area contributed by atoms with Gasteiger partial charge in [-0.1, -0.05) is 11.8 Å². The molecule has 0 atom stereocenters. The molecule has 2 N–H and O–H groups in total. The molecule has 1 aromatic rings. The van der Waals surface area contributed by atoms with Crippen molar-refractivity contribution in [1.29, 1.82) is 0 Å². The lowest BCUT2D eigenvalue weighted by Crippen LogP contribution is -2.32. The van der Waals surface area contributed by atoms with Crippen LogP contribution in [-0.4, -0.2) is 23.3 Å². The highest BCUT2D eigenvalue weighted by Gasteiger charge is 2.14. The van der Waals surface area contributed by atoms with Crippen LogP contribution in [0, 0.1) is 11.8 Å². The number of rotatable bonds is 2. The third kappa shape index (κ3) is 5.71. The monoisotopic (exact) mass is 267 g/mol. The van der Waals surface area contributed by atoms with Crippen LogP contribution in [0.1, 0.15) is 31.2 Å². The number of hydrogen-bond donors (Lipinski definition) is 2. The summed E-state index contributed by atoms with van der Waals surface area (Å²) >= 11 is 1.46. The number of thiophene rings is 1. The SMILES string of the molecule is CC(C)(C)OC(=O)NCC#Cc1csc(CO)c1. The highest BCUT2D eigenvalue weighted by molar-refractivity contribution is 7.10. The molecule has 1 aromatic heterocycles. The minimum Gasteiger partial charge on any atom is -0.444 e. The number of ether oxygens (including phenoxy) is 1. The van der Waals surface area contributed by atoms with E-state index in [1.807, 2.05) is 11.4 Å². The highest BCUT2D eigenvalue weighted by Crippen LogP contribution is 2.13. The van der Waals surface area contributed by atoms with Crippen LogP contribution in [0.3, 0.4) is 0 Å². The minimum atomic E-state index is -0.499. The van der Waals surface area contributed by atoms with Crippen LogP contribution in [0.4, 0.5) is 4.79 Å². The van der Waals surface area contributed by atoms with Crippen LogP contribution in [0.2, 0.25) is 0 Å². The van der Waals surface area contributed by atoms with E-state index in [-0.39, 0.29) is 13.2 Å². The molecule has 4 nitrogen and oxygen atoms in total. The molecular formula is C13H17NO3S. The molecule has 98 valence electrons. The van der Waals surface area contributed by atoms with Crippen LogP contribution < -0.4 is 5.32 Å². The number of nitrogens with one attached hydrogen (secondary N) is 1. The maximum absolute atomic E-state index is 11.3. The lowest BCUT2D eigenvalue weighted by atomic mass is 10.2. The topological polar surface area (TPSA) is 58.6 Å². The molecule has 0 fully saturated rings. The summed E-state index contributed by atoms with van der Waals surface area (Å²) in [7, 11) is 0. The third-order valence-corrected chi connectivity index (χ3v) is 2.68. The second-order valence-electron chi connectivity index (χ2n) is 4.62. The summed E-state index contributed by atoms with van der Waals surface area (Å²) in [5.41, 5.74) is 0.344. The van der Waals surface area contributed by atoms with E-state index in [0.717, 1.165) is 10.4 Å². The van der Waals surface area contributed by atoms with Gasteiger partial charge < -0.3 is 15.2 Å². The summed E-state index contributed by atoms with van der Waals surface area (Å²) in [4.78, 5) is 12.2. The Hall–Kier alpha value is -1.51. The first-order valence-corrected chi connectivity index (χ1v) is 6.42. The fraction of sp³-hybridized carbons (Fsp3) is 0.462. The van der Waals surface area contributed by atoms with E-state index in [1.54, 1.807) is 20.8 Å². The second kappa shape index (κ2) is 6.43. The van der Waals surface area contributed by atoms with Gasteiger partial charge >= 0.3 is 6.09 Å². The number of aliphatic hydroxyl groups is 1. The average molecular weight is 267 g/mol. The highest BCUT2D eigenvalue weighted by atomic mass is 32.1. The van der Waals surface area contributed by atoms with Crippen LogP contribution >= 0.6 is 11.3 Å². The number of hydrogen-bond acceptors (Lipinski definition) is 4. The molecule has 0 aromatic carbocycles. The Morgan fingerprint density at radius 1 is 1.56 bits per heavy atom. The molecule has 0 bridgehead atoms. The first-order valence-electron chi connectivity index (χ1n) is 5.55. The Morgan fingerprint density at radius 3 is 2.83 bits per heavy atom. The molecule has 18 heavy (non-hydrogen) atoms. The zero-order valence-electron chi connectivity index (χ0n) is 10.7. The summed E-state index contributed by atoms with van der Waals surface area (Å²) in [6.07, 6.45) is -0.474. The number of amides is 1. The van der Waals surface area contributed by atoms with Crippen LogP contribution in [0.15, 0.2) is 11.4 Å². The summed E-state index contributed by atoms with van der Waals surface area (Å²) < 4.78 is 5.06. The van der Waals surface area contributed by atoms with Gasteiger partial charge in [-0.2, -0.15) is 0 Å². The van der Waals surface area contributed by atoms with E-state index in [0.29, 0.717) is 0 Å². The van der Waals surface area contributed by atoms with Gasteiger partial charge in [0.15, 0.2) is 0 Å². The van der Waals surface area contributed by atoms with Crippen molar-refractivity contribution in [3.8, 4) is 11.8 Å². The Kier molecular flexibility index (Phi) is 5.20. The van der Waals surface area contributed by atoms with Gasteiger partial charge in [0.05, 0.1) is 13.2 Å². The summed E-state index contributed by atoms with van der Waals surface area (Å²) in [6, 6.07) is 1.82. The normalized spacial score (nSPS) is 10.4. The molecule has 1 rings (SSSR count). The predicted molar refractivity (Wildman–Crippen MR) is 71.4 cm³/mol. The minimum absolute atomic E-state index is 0.0303. The first kappa shape index (κ1) is 14.6. The Balaban J connectivity index is 2.36. The van der Waals surface area contributed by atoms with Gasteiger partial charge in [0, 0.05) is 15.8 Å². The molecule has 0 aliphatic rings. The van der Waals surface area contributed by atoms with Gasteiger partial charge in [-0.15, -0.1) is 11.3 Å². The lowest BCUT2D eigenvalue weighted by molar-refractivity contribution is 0.0535. The Morgan fingerprint density at radius 2 is 2.28 bits per heavy atom. The third-order valence-electron chi connectivity index (χ3n) is 1.76. The quantitative estimate of drug-likeness (QED) is 0.807. The van der Waals surface area contributed by atoms with Crippen LogP contribution in [0.25, 0.3) is 0 Å². The van der Waals surface area contributed by atoms with E-state index >= 15 is 0 Å². The van der Waals surface area contributed by atoms with Crippen molar-refractivity contribution in [2.45, 2.75) is 33.0 Å². The fourth-order valence-corrected chi connectivity index (χ4v) is 1.78. The predicted octanol–water partition coefficient (Wildman–Crippen LogP) is 2.12. The molecule has 0 saturated heterocycles. The zero-order chi connectivity index (χ0) is 13.6. The van der Waals surface area contributed by atoms with Crippen molar-refractivity contribution < 1.29 is 14.6 Å². The molecule has 0 radical (unpaired) electrons. The summed E-state index contributed by atoms with van der Waals surface area (Å²) in [5.74, 6) is 5.72. The molecule has 0 saturated carbocycles. The van der Waals surface area contributed by atoms with E-state index in [1.165, 1.54) is 11.3 Å². The zero-order valence-corrected chi connectivity index (χ0v) is 11.6. The number of carbonyl (C=O) groups excluding carboxylic acids is 1. The van der Waals surface area contributed by atoms with Crippen LogP contribution in [-0.2, 0) is 11.3 Å². The number of alkyl carbamates (subject to hydrolysis) is 1. The summed E-state index contributed by atoms with van der Waals surface area (Å²) in [6.45, 7) is 5.68. The molecule has 0 unspecified atom stereocenters.